The van der Waals surface area contributed by atoms with Gasteiger partial charge in [0.15, 0.2) is 0 Å². The van der Waals surface area contributed by atoms with Crippen LogP contribution in [0.15, 0.2) is 42.5 Å². The molecule has 2 aromatic rings. The molecular formula is C27H35N3O2. The summed E-state index contributed by atoms with van der Waals surface area (Å²) < 4.78 is 0. The summed E-state index contributed by atoms with van der Waals surface area (Å²) in [5.41, 5.74) is 0.791. The Bertz CT molecular complexity index is 952. The molecule has 0 atom stereocenters. The average Bonchev–Trinajstić information content (AvgIpc) is 2.88. The van der Waals surface area contributed by atoms with Crippen LogP contribution in [0.5, 0.6) is 0 Å². The predicted octanol–water partition coefficient (Wildman–Crippen LogP) is 4.17. The van der Waals surface area contributed by atoms with Crippen molar-refractivity contribution in [3.63, 3.8) is 0 Å². The number of rotatable bonds is 3. The predicted molar refractivity (Wildman–Crippen MR) is 128 cm³/mol. The van der Waals surface area contributed by atoms with Crippen molar-refractivity contribution in [1.82, 2.24) is 14.7 Å². The molecule has 0 N–H and O–H groups in total. The molecule has 0 aliphatic carbocycles. The maximum absolute atomic E-state index is 13.1. The maximum Gasteiger partial charge on any atom is 0.253 e. The fourth-order valence-electron chi connectivity index (χ4n) is 5.82. The van der Waals surface area contributed by atoms with Crippen LogP contribution < -0.4 is 0 Å². The number of hydrogen-bond donors (Lipinski definition) is 0. The molecule has 3 aliphatic rings. The Hall–Kier alpha value is -2.40. The van der Waals surface area contributed by atoms with E-state index >= 15 is 0 Å². The highest BCUT2D eigenvalue weighted by molar-refractivity contribution is 5.98. The van der Waals surface area contributed by atoms with Gasteiger partial charge >= 0.3 is 0 Å². The lowest BCUT2D eigenvalue weighted by Crippen LogP contribution is -2.50. The molecule has 0 saturated carbocycles. The van der Waals surface area contributed by atoms with Crippen LogP contribution in [0.2, 0.25) is 0 Å². The van der Waals surface area contributed by atoms with E-state index in [1.54, 1.807) is 0 Å². The smallest absolute Gasteiger partial charge is 0.253 e. The Kier molecular flexibility index (Phi) is 6.44. The van der Waals surface area contributed by atoms with E-state index < -0.39 is 0 Å². The molecule has 3 aliphatic heterocycles. The first-order valence-electron chi connectivity index (χ1n) is 12.5. The molecule has 3 fully saturated rings. The van der Waals surface area contributed by atoms with Gasteiger partial charge < -0.3 is 14.7 Å². The van der Waals surface area contributed by atoms with Gasteiger partial charge in [-0.2, -0.15) is 0 Å². The number of benzene rings is 2. The van der Waals surface area contributed by atoms with Crippen molar-refractivity contribution in [2.75, 3.05) is 39.3 Å². The molecule has 0 bridgehead atoms. The van der Waals surface area contributed by atoms with Gasteiger partial charge in [0.2, 0.25) is 5.91 Å². The highest BCUT2D eigenvalue weighted by Crippen LogP contribution is 2.27. The first-order valence-corrected chi connectivity index (χ1v) is 12.5. The number of hydrogen-bond acceptors (Lipinski definition) is 3. The lowest BCUT2D eigenvalue weighted by molar-refractivity contribution is -0.138. The lowest BCUT2D eigenvalue weighted by atomic mass is 9.91. The quantitative estimate of drug-likeness (QED) is 0.730. The van der Waals surface area contributed by atoms with Crippen LogP contribution in [0.4, 0.5) is 0 Å². The second-order valence-electron chi connectivity index (χ2n) is 9.78. The van der Waals surface area contributed by atoms with E-state index in [4.69, 9.17) is 0 Å². The molecule has 5 heteroatoms. The Morgan fingerprint density at radius 2 is 1.38 bits per heavy atom. The fourth-order valence-corrected chi connectivity index (χ4v) is 5.82. The second kappa shape index (κ2) is 9.62. The number of likely N-dealkylation sites (tertiary alicyclic amines) is 3. The summed E-state index contributed by atoms with van der Waals surface area (Å²) in [6, 6.07) is 14.8. The normalized spacial score (nSPS) is 21.8. The summed E-state index contributed by atoms with van der Waals surface area (Å²) in [5.74, 6) is 0.777. The molecular weight excluding hydrogens is 398 g/mol. The van der Waals surface area contributed by atoms with Crippen LogP contribution in [-0.4, -0.2) is 71.8 Å². The average molecular weight is 434 g/mol. The summed E-state index contributed by atoms with van der Waals surface area (Å²) in [6.07, 6.45) is 7.65. The van der Waals surface area contributed by atoms with E-state index in [0.29, 0.717) is 11.9 Å². The van der Waals surface area contributed by atoms with Crippen LogP contribution in [0.1, 0.15) is 55.3 Å². The summed E-state index contributed by atoms with van der Waals surface area (Å²) in [5, 5.41) is 2.29. The van der Waals surface area contributed by atoms with Gasteiger partial charge in [-0.1, -0.05) is 30.3 Å². The highest BCUT2D eigenvalue weighted by atomic mass is 16.2. The first kappa shape index (κ1) is 21.4. The van der Waals surface area contributed by atoms with Crippen molar-refractivity contribution in [3.05, 3.63) is 48.0 Å². The third-order valence-corrected chi connectivity index (χ3v) is 7.81. The van der Waals surface area contributed by atoms with Crippen molar-refractivity contribution in [2.24, 2.45) is 5.92 Å². The molecule has 3 saturated heterocycles. The van der Waals surface area contributed by atoms with E-state index in [1.807, 2.05) is 35.2 Å². The topological polar surface area (TPSA) is 43.9 Å². The van der Waals surface area contributed by atoms with Crippen molar-refractivity contribution in [3.8, 4) is 0 Å². The Morgan fingerprint density at radius 3 is 2.09 bits per heavy atom. The summed E-state index contributed by atoms with van der Waals surface area (Å²) in [6.45, 7) is 5.61. The summed E-state index contributed by atoms with van der Waals surface area (Å²) in [7, 11) is 0. The molecule has 32 heavy (non-hydrogen) atoms. The number of nitrogens with zero attached hydrogens (tertiary/aromatic N) is 3. The van der Waals surface area contributed by atoms with Crippen LogP contribution >= 0.6 is 0 Å². The Labute approximate surface area is 191 Å². The van der Waals surface area contributed by atoms with E-state index in [9.17, 15) is 9.59 Å². The zero-order valence-electron chi connectivity index (χ0n) is 19.0. The minimum absolute atomic E-state index is 0.153. The molecule has 0 radical (unpaired) electrons. The third-order valence-electron chi connectivity index (χ3n) is 7.81. The van der Waals surface area contributed by atoms with Crippen LogP contribution in [-0.2, 0) is 4.79 Å². The maximum atomic E-state index is 13.1. The van der Waals surface area contributed by atoms with Crippen LogP contribution in [0.3, 0.4) is 0 Å². The number of piperidine rings is 3. The summed E-state index contributed by atoms with van der Waals surface area (Å²) >= 11 is 0. The molecule has 2 aromatic carbocycles. The minimum atomic E-state index is 0.153. The van der Waals surface area contributed by atoms with Gasteiger partial charge in [0.1, 0.15) is 0 Å². The van der Waals surface area contributed by atoms with Gasteiger partial charge in [0.25, 0.3) is 5.91 Å². The van der Waals surface area contributed by atoms with Gasteiger partial charge in [-0.15, -0.1) is 0 Å². The van der Waals surface area contributed by atoms with Gasteiger partial charge in [0, 0.05) is 43.7 Å². The van der Waals surface area contributed by atoms with Crippen LogP contribution in [0.25, 0.3) is 10.8 Å². The van der Waals surface area contributed by atoms with Crippen LogP contribution in [0, 0.1) is 5.92 Å². The molecule has 3 heterocycles. The lowest BCUT2D eigenvalue weighted by Gasteiger charge is -2.42. The highest BCUT2D eigenvalue weighted by Gasteiger charge is 2.33. The second-order valence-corrected chi connectivity index (χ2v) is 9.78. The van der Waals surface area contributed by atoms with E-state index in [1.165, 1.54) is 24.6 Å². The molecule has 170 valence electrons. The number of amides is 2. The SMILES string of the molecule is O=C(c1ccc2ccccc2c1)N1CCC(N2CCC(C(=O)N3CCCCC3)CC2)CC1. The Morgan fingerprint density at radius 1 is 0.688 bits per heavy atom. The van der Waals surface area contributed by atoms with Crippen molar-refractivity contribution >= 4 is 22.6 Å². The van der Waals surface area contributed by atoms with Gasteiger partial charge in [0.05, 0.1) is 0 Å². The zero-order chi connectivity index (χ0) is 21.9. The zero-order valence-corrected chi connectivity index (χ0v) is 19.0. The summed E-state index contributed by atoms with van der Waals surface area (Å²) in [4.78, 5) is 32.6. The number of carbonyl (C=O) groups excluding carboxylic acids is 2. The molecule has 2 amide bonds. The van der Waals surface area contributed by atoms with Crippen molar-refractivity contribution in [1.29, 1.82) is 0 Å². The van der Waals surface area contributed by atoms with Gasteiger partial charge in [-0.3, -0.25) is 9.59 Å². The van der Waals surface area contributed by atoms with E-state index in [0.717, 1.165) is 75.9 Å². The molecule has 5 rings (SSSR count). The van der Waals surface area contributed by atoms with Gasteiger partial charge in [-0.05, 0) is 80.9 Å². The largest absolute Gasteiger partial charge is 0.342 e. The third kappa shape index (κ3) is 4.54. The first-order chi connectivity index (χ1) is 15.7. The molecule has 0 unspecified atom stereocenters. The molecule has 5 nitrogen and oxygen atoms in total. The number of fused-ring (bicyclic) bond motifs is 1. The monoisotopic (exact) mass is 433 g/mol. The van der Waals surface area contributed by atoms with Crippen molar-refractivity contribution < 1.29 is 9.59 Å². The van der Waals surface area contributed by atoms with Gasteiger partial charge in [-0.25, -0.2) is 0 Å². The molecule has 0 aromatic heterocycles. The number of carbonyl (C=O) groups is 2. The Balaban J connectivity index is 1.11. The molecule has 0 spiro atoms. The minimum Gasteiger partial charge on any atom is -0.342 e. The standard InChI is InChI=1S/C27H35N3O2/c31-26(29-14-4-1-5-15-29)22-10-16-28(17-11-22)25-12-18-30(19-13-25)27(32)24-9-8-21-6-2-3-7-23(21)20-24/h2-3,6-9,20,22,25H,1,4-5,10-19H2. The van der Waals surface area contributed by atoms with E-state index in [-0.39, 0.29) is 11.8 Å². The van der Waals surface area contributed by atoms with E-state index in [2.05, 4.69) is 21.9 Å². The van der Waals surface area contributed by atoms with Crippen molar-refractivity contribution in [2.45, 2.75) is 51.0 Å². The fraction of sp³-hybridized carbons (Fsp3) is 0.556.